The van der Waals surface area contributed by atoms with Crippen molar-refractivity contribution in [2.75, 3.05) is 52.4 Å². The van der Waals surface area contributed by atoms with Gasteiger partial charge in [0.1, 0.15) is 0 Å². The lowest BCUT2D eigenvalue weighted by atomic mass is 10.2. The first-order valence-corrected chi connectivity index (χ1v) is 7.73. The van der Waals surface area contributed by atoms with Crippen molar-refractivity contribution in [3.8, 4) is 0 Å². The second kappa shape index (κ2) is 9.97. The van der Waals surface area contributed by atoms with Gasteiger partial charge in [-0.2, -0.15) is 0 Å². The third kappa shape index (κ3) is 6.63. The van der Waals surface area contributed by atoms with Gasteiger partial charge in [0, 0.05) is 52.2 Å². The average Bonchev–Trinajstić information content (AvgIpc) is 2.65. The van der Waals surface area contributed by atoms with E-state index in [4.69, 9.17) is 0 Å². The lowest BCUT2D eigenvalue weighted by Crippen LogP contribution is -2.47. The molecule has 0 aliphatic carbocycles. The summed E-state index contributed by atoms with van der Waals surface area (Å²) in [7, 11) is 0. The molecule has 0 aromatic rings. The van der Waals surface area contributed by atoms with Gasteiger partial charge in [0.2, 0.25) is 11.8 Å². The van der Waals surface area contributed by atoms with Crippen molar-refractivity contribution in [2.24, 2.45) is 0 Å². The fourth-order valence-corrected chi connectivity index (χ4v) is 2.72. The molecule has 0 atom stereocenters. The number of amides is 2. The van der Waals surface area contributed by atoms with E-state index in [1.54, 1.807) is 4.90 Å². The molecular weight excluding hydrogens is 292 g/mol. The highest BCUT2D eigenvalue weighted by Gasteiger charge is 2.19. The highest BCUT2D eigenvalue weighted by Crippen LogP contribution is 2.10. The van der Waals surface area contributed by atoms with E-state index in [0.717, 1.165) is 58.5 Å². The van der Waals surface area contributed by atoms with E-state index in [-0.39, 0.29) is 30.8 Å². The molecule has 2 aliphatic rings. The minimum Gasteiger partial charge on any atom is -0.353 e. The van der Waals surface area contributed by atoms with Crippen LogP contribution in [0.15, 0.2) is 0 Å². The lowest BCUT2D eigenvalue weighted by molar-refractivity contribution is -0.135. The molecule has 2 heterocycles. The number of carbonyl (C=O) groups is 2. The largest absolute Gasteiger partial charge is 0.353 e. The van der Waals surface area contributed by atoms with Crippen LogP contribution in [0.1, 0.15) is 25.7 Å². The fraction of sp³-hybridized carbons (Fsp3) is 0.857. The summed E-state index contributed by atoms with van der Waals surface area (Å²) < 4.78 is 0. The quantitative estimate of drug-likeness (QED) is 0.739. The number of piperazine rings is 1. The fourth-order valence-electron chi connectivity index (χ4n) is 2.72. The third-order valence-corrected chi connectivity index (χ3v) is 3.97. The average molecular weight is 319 g/mol. The molecule has 0 bridgehead atoms. The number of hydrogen-bond acceptors (Lipinski definition) is 4. The van der Waals surface area contributed by atoms with E-state index >= 15 is 0 Å². The number of nitrogens with one attached hydrogen (secondary N) is 2. The van der Waals surface area contributed by atoms with Crippen LogP contribution in [0, 0.1) is 0 Å². The Kier molecular flexibility index (Phi) is 8.64. The number of halogens is 1. The lowest BCUT2D eigenvalue weighted by Gasteiger charge is -2.27. The summed E-state index contributed by atoms with van der Waals surface area (Å²) in [6.45, 7) is 6.64. The molecule has 0 spiro atoms. The summed E-state index contributed by atoms with van der Waals surface area (Å²) in [4.78, 5) is 27.7. The molecule has 2 aliphatic heterocycles. The van der Waals surface area contributed by atoms with Crippen LogP contribution in [0.4, 0.5) is 0 Å². The zero-order valence-electron chi connectivity index (χ0n) is 12.6. The van der Waals surface area contributed by atoms with E-state index in [2.05, 4.69) is 15.5 Å². The second-order valence-corrected chi connectivity index (χ2v) is 5.57. The van der Waals surface area contributed by atoms with Crippen molar-refractivity contribution in [1.29, 1.82) is 0 Å². The molecule has 2 N–H and O–H groups in total. The van der Waals surface area contributed by atoms with E-state index in [1.165, 1.54) is 0 Å². The standard InChI is InChI=1S/C14H26N4O2.ClH/c19-13(12-18-8-3-1-2-4-14(18)20)16-7-11-17-9-5-15-6-10-17;/h15H,1-12H2,(H,16,19);1H. The van der Waals surface area contributed by atoms with Crippen molar-refractivity contribution >= 4 is 24.2 Å². The summed E-state index contributed by atoms with van der Waals surface area (Å²) in [6.07, 6.45) is 3.65. The van der Waals surface area contributed by atoms with Crippen LogP contribution in [-0.4, -0.2) is 74.0 Å². The van der Waals surface area contributed by atoms with Crippen molar-refractivity contribution in [2.45, 2.75) is 25.7 Å². The summed E-state index contributed by atoms with van der Waals surface area (Å²) in [5.41, 5.74) is 0. The molecule has 7 heteroatoms. The summed E-state index contributed by atoms with van der Waals surface area (Å²) in [6, 6.07) is 0. The SMILES string of the molecule is Cl.O=C(CN1CCCCCC1=O)NCCN1CCNCC1. The topological polar surface area (TPSA) is 64.7 Å². The van der Waals surface area contributed by atoms with E-state index in [9.17, 15) is 9.59 Å². The third-order valence-electron chi connectivity index (χ3n) is 3.97. The van der Waals surface area contributed by atoms with Crippen molar-refractivity contribution in [1.82, 2.24) is 20.4 Å². The summed E-state index contributed by atoms with van der Waals surface area (Å²) in [5, 5.41) is 6.23. The first kappa shape index (κ1) is 18.2. The van der Waals surface area contributed by atoms with Gasteiger partial charge in [-0.15, -0.1) is 12.4 Å². The van der Waals surface area contributed by atoms with Crippen molar-refractivity contribution in [3.05, 3.63) is 0 Å². The summed E-state index contributed by atoms with van der Waals surface area (Å²) in [5.74, 6) is 0.0927. The Morgan fingerprint density at radius 2 is 1.90 bits per heavy atom. The predicted molar refractivity (Wildman–Crippen MR) is 84.6 cm³/mol. The molecule has 2 fully saturated rings. The molecular formula is C14H27ClN4O2. The highest BCUT2D eigenvalue weighted by molar-refractivity contribution is 5.85. The molecule has 122 valence electrons. The molecule has 0 aromatic carbocycles. The van der Waals surface area contributed by atoms with Gasteiger partial charge in [0.05, 0.1) is 6.54 Å². The Bertz CT molecular complexity index is 335. The maximum Gasteiger partial charge on any atom is 0.239 e. The van der Waals surface area contributed by atoms with Crippen molar-refractivity contribution < 1.29 is 9.59 Å². The number of likely N-dealkylation sites (tertiary alicyclic amines) is 1. The minimum absolute atomic E-state index is 0. The van der Waals surface area contributed by atoms with Crippen LogP contribution < -0.4 is 10.6 Å². The van der Waals surface area contributed by atoms with Crippen LogP contribution in [-0.2, 0) is 9.59 Å². The molecule has 2 rings (SSSR count). The maximum absolute atomic E-state index is 11.9. The zero-order chi connectivity index (χ0) is 14.2. The normalized spacial score (nSPS) is 20.6. The molecule has 2 saturated heterocycles. The van der Waals surface area contributed by atoms with Gasteiger partial charge in [0.15, 0.2) is 0 Å². The molecule has 21 heavy (non-hydrogen) atoms. The molecule has 0 aromatic heterocycles. The van der Waals surface area contributed by atoms with Gasteiger partial charge in [-0.25, -0.2) is 0 Å². The van der Waals surface area contributed by atoms with Crippen LogP contribution in [0.25, 0.3) is 0 Å². The number of carbonyl (C=O) groups excluding carboxylic acids is 2. The smallest absolute Gasteiger partial charge is 0.239 e. The maximum atomic E-state index is 11.9. The second-order valence-electron chi connectivity index (χ2n) is 5.57. The molecule has 0 radical (unpaired) electrons. The molecule has 0 saturated carbocycles. The monoisotopic (exact) mass is 318 g/mol. The van der Waals surface area contributed by atoms with Gasteiger partial charge < -0.3 is 15.5 Å². The molecule has 0 unspecified atom stereocenters. The molecule has 2 amide bonds. The highest BCUT2D eigenvalue weighted by atomic mass is 35.5. The Morgan fingerprint density at radius 3 is 2.67 bits per heavy atom. The van der Waals surface area contributed by atoms with Gasteiger partial charge in [0.25, 0.3) is 0 Å². The van der Waals surface area contributed by atoms with Gasteiger partial charge in [-0.3, -0.25) is 14.5 Å². The Hall–Kier alpha value is -0.850. The predicted octanol–water partition coefficient (Wildman–Crippen LogP) is -0.168. The van der Waals surface area contributed by atoms with E-state index < -0.39 is 0 Å². The van der Waals surface area contributed by atoms with Gasteiger partial charge >= 0.3 is 0 Å². The minimum atomic E-state index is -0.0321. The number of rotatable bonds is 5. The molecule has 6 nitrogen and oxygen atoms in total. The Labute approximate surface area is 133 Å². The summed E-state index contributed by atoms with van der Waals surface area (Å²) >= 11 is 0. The van der Waals surface area contributed by atoms with E-state index in [0.29, 0.717) is 13.0 Å². The van der Waals surface area contributed by atoms with Crippen molar-refractivity contribution in [3.63, 3.8) is 0 Å². The Morgan fingerprint density at radius 1 is 1.14 bits per heavy atom. The first-order valence-electron chi connectivity index (χ1n) is 7.73. The van der Waals surface area contributed by atoms with Crippen LogP contribution >= 0.6 is 12.4 Å². The Balaban J connectivity index is 0.00000220. The van der Waals surface area contributed by atoms with Gasteiger partial charge in [-0.05, 0) is 12.8 Å². The number of hydrogen-bond donors (Lipinski definition) is 2. The number of nitrogens with zero attached hydrogens (tertiary/aromatic N) is 2. The van der Waals surface area contributed by atoms with Gasteiger partial charge in [-0.1, -0.05) is 6.42 Å². The van der Waals surface area contributed by atoms with Crippen LogP contribution in [0.5, 0.6) is 0 Å². The first-order chi connectivity index (χ1) is 9.75. The van der Waals surface area contributed by atoms with Crippen LogP contribution in [0.3, 0.4) is 0 Å². The van der Waals surface area contributed by atoms with E-state index in [1.807, 2.05) is 0 Å². The van der Waals surface area contributed by atoms with Crippen LogP contribution in [0.2, 0.25) is 0 Å². The zero-order valence-corrected chi connectivity index (χ0v) is 13.4.